The van der Waals surface area contributed by atoms with Crippen molar-refractivity contribution in [3.8, 4) is 17.4 Å². The van der Waals surface area contributed by atoms with E-state index in [9.17, 15) is 0 Å². The second-order valence-electron chi connectivity index (χ2n) is 5.71. The molecule has 0 bridgehead atoms. The van der Waals surface area contributed by atoms with Gasteiger partial charge in [0.25, 0.3) is 11.9 Å². The van der Waals surface area contributed by atoms with Gasteiger partial charge in [-0.25, -0.2) is 4.99 Å². The number of amidine groups is 1. The third kappa shape index (κ3) is 2.37. The number of nitrogens with two attached hydrogens (primary N) is 1. The minimum Gasteiger partial charge on any atom is -0.478 e. The SMILES string of the molecule is COc1nc(Cl)cc2c1Oc1ccc(N=[N+]=[N-])cc1C21CCOC(N)=N1. The Labute approximate surface area is 153 Å². The van der Waals surface area contributed by atoms with Crippen molar-refractivity contribution in [3.63, 3.8) is 0 Å². The number of methoxy groups -OCH3 is 1. The molecule has 26 heavy (non-hydrogen) atoms. The van der Waals surface area contributed by atoms with E-state index in [0.29, 0.717) is 41.3 Å². The van der Waals surface area contributed by atoms with Gasteiger partial charge in [0, 0.05) is 28.1 Å². The second-order valence-corrected chi connectivity index (χ2v) is 6.10. The molecule has 1 unspecified atom stereocenters. The van der Waals surface area contributed by atoms with E-state index in [0.717, 1.165) is 0 Å². The summed E-state index contributed by atoms with van der Waals surface area (Å²) in [6, 6.07) is 6.81. The number of ether oxygens (including phenoxy) is 3. The highest BCUT2D eigenvalue weighted by Gasteiger charge is 2.46. The van der Waals surface area contributed by atoms with Crippen molar-refractivity contribution in [2.75, 3.05) is 13.7 Å². The number of hydrogen-bond acceptors (Lipinski definition) is 7. The van der Waals surface area contributed by atoms with E-state index in [-0.39, 0.29) is 17.1 Å². The second kappa shape index (κ2) is 5.98. The summed E-state index contributed by atoms with van der Waals surface area (Å²) >= 11 is 6.18. The highest BCUT2D eigenvalue weighted by Crippen LogP contribution is 2.55. The fourth-order valence-electron chi connectivity index (χ4n) is 3.29. The predicted octanol–water partition coefficient (Wildman–Crippen LogP) is 3.77. The van der Waals surface area contributed by atoms with Gasteiger partial charge >= 0.3 is 0 Å². The highest BCUT2D eigenvalue weighted by molar-refractivity contribution is 6.29. The van der Waals surface area contributed by atoms with Gasteiger partial charge in [0.15, 0.2) is 5.75 Å². The average molecular weight is 373 g/mol. The maximum Gasteiger partial charge on any atom is 0.283 e. The topological polar surface area (TPSA) is 128 Å². The molecule has 0 saturated heterocycles. The molecule has 1 aromatic heterocycles. The lowest BCUT2D eigenvalue weighted by Crippen LogP contribution is -2.38. The molecule has 0 fully saturated rings. The van der Waals surface area contributed by atoms with Crippen LogP contribution in [0.2, 0.25) is 5.15 Å². The van der Waals surface area contributed by atoms with Crippen molar-refractivity contribution in [3.05, 3.63) is 51.0 Å². The lowest BCUT2D eigenvalue weighted by atomic mass is 9.78. The molecule has 4 rings (SSSR count). The fourth-order valence-corrected chi connectivity index (χ4v) is 3.48. The van der Waals surface area contributed by atoms with Crippen LogP contribution in [-0.2, 0) is 10.3 Å². The number of rotatable bonds is 2. The first-order valence-electron chi connectivity index (χ1n) is 7.68. The average Bonchev–Trinajstić information content (AvgIpc) is 2.63. The summed E-state index contributed by atoms with van der Waals surface area (Å²) in [4.78, 5) is 11.6. The zero-order valence-electron chi connectivity index (χ0n) is 13.6. The molecule has 132 valence electrons. The molecule has 1 aromatic carbocycles. The van der Waals surface area contributed by atoms with Crippen molar-refractivity contribution in [2.24, 2.45) is 15.8 Å². The van der Waals surface area contributed by atoms with E-state index in [1.54, 1.807) is 24.3 Å². The minimum absolute atomic E-state index is 0.0520. The molecule has 0 radical (unpaired) electrons. The summed E-state index contributed by atoms with van der Waals surface area (Å²) in [6.07, 6.45) is 0.486. The Morgan fingerprint density at radius 3 is 2.96 bits per heavy atom. The molecule has 3 heterocycles. The Kier molecular flexibility index (Phi) is 3.75. The van der Waals surface area contributed by atoms with E-state index >= 15 is 0 Å². The van der Waals surface area contributed by atoms with Gasteiger partial charge in [-0.2, -0.15) is 4.98 Å². The van der Waals surface area contributed by atoms with Crippen molar-refractivity contribution < 1.29 is 14.2 Å². The Bertz CT molecular complexity index is 988. The molecule has 2 N–H and O–H groups in total. The number of nitrogens with zero attached hydrogens (tertiary/aromatic N) is 5. The molecule has 1 spiro atoms. The summed E-state index contributed by atoms with van der Waals surface area (Å²) < 4.78 is 16.7. The van der Waals surface area contributed by atoms with Crippen molar-refractivity contribution in [2.45, 2.75) is 12.0 Å². The summed E-state index contributed by atoms with van der Waals surface area (Å²) in [6.45, 7) is 0.349. The van der Waals surface area contributed by atoms with Crippen LogP contribution in [0.25, 0.3) is 10.4 Å². The largest absolute Gasteiger partial charge is 0.478 e. The summed E-state index contributed by atoms with van der Waals surface area (Å²) in [5.41, 5.74) is 15.5. The van der Waals surface area contributed by atoms with Gasteiger partial charge in [-0.1, -0.05) is 16.7 Å². The number of pyridine rings is 1. The van der Waals surface area contributed by atoms with Crippen LogP contribution in [0, 0.1) is 0 Å². The minimum atomic E-state index is -0.911. The Hall–Kier alpha value is -3.16. The Morgan fingerprint density at radius 1 is 1.38 bits per heavy atom. The first-order chi connectivity index (χ1) is 12.6. The standard InChI is InChI=1S/C16H13ClN6O3/c1-24-14-13-10(7-12(17)20-14)16(4-5-25-15(18)21-16)9-6-8(22-23-19)2-3-11(9)26-13/h2-3,6-7H,4-5H2,1H3,(H2,18,21). The third-order valence-electron chi connectivity index (χ3n) is 4.35. The van der Waals surface area contributed by atoms with Crippen LogP contribution in [0.1, 0.15) is 17.5 Å². The van der Waals surface area contributed by atoms with Crippen LogP contribution in [0.5, 0.6) is 17.4 Å². The molecule has 0 aliphatic carbocycles. The van der Waals surface area contributed by atoms with Crippen LogP contribution >= 0.6 is 11.6 Å². The first kappa shape index (κ1) is 16.3. The van der Waals surface area contributed by atoms with Gasteiger partial charge in [-0.15, -0.1) is 0 Å². The zero-order valence-corrected chi connectivity index (χ0v) is 14.4. The van der Waals surface area contributed by atoms with E-state index in [1.807, 2.05) is 0 Å². The zero-order chi connectivity index (χ0) is 18.3. The van der Waals surface area contributed by atoms with E-state index in [4.69, 9.17) is 37.1 Å². The highest BCUT2D eigenvalue weighted by atomic mass is 35.5. The molecule has 0 saturated carbocycles. The maximum atomic E-state index is 8.75. The monoisotopic (exact) mass is 372 g/mol. The lowest BCUT2D eigenvalue weighted by Gasteiger charge is -2.39. The number of halogens is 1. The molecule has 9 nitrogen and oxygen atoms in total. The first-order valence-corrected chi connectivity index (χ1v) is 8.06. The fraction of sp³-hybridized carbons (Fsp3) is 0.250. The van der Waals surface area contributed by atoms with Gasteiger partial charge in [-0.3, -0.25) is 0 Å². The van der Waals surface area contributed by atoms with E-state index in [2.05, 4.69) is 20.0 Å². The quantitative estimate of drug-likeness (QED) is 0.371. The van der Waals surface area contributed by atoms with Crippen LogP contribution in [-0.4, -0.2) is 24.7 Å². The maximum absolute atomic E-state index is 8.75. The van der Waals surface area contributed by atoms with E-state index in [1.165, 1.54) is 7.11 Å². The molecule has 2 aliphatic rings. The molecular formula is C16H13ClN6O3. The number of aromatic nitrogens is 1. The number of fused-ring (bicyclic) bond motifs is 4. The molecule has 10 heteroatoms. The van der Waals surface area contributed by atoms with Crippen LogP contribution < -0.4 is 15.2 Å². The number of hydrogen-bond donors (Lipinski definition) is 1. The molecule has 1 atom stereocenters. The van der Waals surface area contributed by atoms with E-state index < -0.39 is 5.54 Å². The van der Waals surface area contributed by atoms with Crippen LogP contribution in [0.4, 0.5) is 5.69 Å². The molecule has 2 aliphatic heterocycles. The van der Waals surface area contributed by atoms with Crippen molar-refractivity contribution in [1.29, 1.82) is 0 Å². The van der Waals surface area contributed by atoms with Gasteiger partial charge < -0.3 is 19.9 Å². The van der Waals surface area contributed by atoms with Gasteiger partial charge in [0.2, 0.25) is 0 Å². The number of azide groups is 1. The van der Waals surface area contributed by atoms with Crippen molar-refractivity contribution >= 4 is 23.3 Å². The third-order valence-corrected chi connectivity index (χ3v) is 4.54. The Balaban J connectivity index is 2.06. The normalized spacial score (nSPS) is 20.0. The predicted molar refractivity (Wildman–Crippen MR) is 94.1 cm³/mol. The van der Waals surface area contributed by atoms with Crippen LogP contribution in [0.3, 0.4) is 0 Å². The van der Waals surface area contributed by atoms with Gasteiger partial charge in [0.05, 0.1) is 13.7 Å². The van der Waals surface area contributed by atoms with Gasteiger partial charge in [0.1, 0.15) is 16.4 Å². The summed E-state index contributed by atoms with van der Waals surface area (Å²) in [5, 5.41) is 3.90. The molecule has 2 aromatic rings. The lowest BCUT2D eigenvalue weighted by molar-refractivity contribution is 0.217. The molecular weight excluding hydrogens is 360 g/mol. The van der Waals surface area contributed by atoms with Crippen molar-refractivity contribution in [1.82, 2.24) is 4.98 Å². The van der Waals surface area contributed by atoms with Gasteiger partial charge in [-0.05, 0) is 29.8 Å². The Morgan fingerprint density at radius 2 is 2.23 bits per heavy atom. The smallest absolute Gasteiger partial charge is 0.283 e. The molecule has 0 amide bonds. The summed E-state index contributed by atoms with van der Waals surface area (Å²) in [5.74, 6) is 1.20. The number of aliphatic imine (C=N–C) groups is 1. The summed E-state index contributed by atoms with van der Waals surface area (Å²) in [7, 11) is 1.48. The van der Waals surface area contributed by atoms with Crippen LogP contribution in [0.15, 0.2) is 34.4 Å². The number of benzene rings is 1.